The molecule has 0 aliphatic carbocycles. The minimum absolute atomic E-state index is 0. The molecule has 4 nitrogen and oxygen atoms in total. The van der Waals surface area contributed by atoms with Crippen LogP contribution < -0.4 is 11.5 Å². The molecule has 0 saturated heterocycles. The molecule has 13 heavy (non-hydrogen) atoms. The van der Waals surface area contributed by atoms with Gasteiger partial charge in [0.1, 0.15) is 0 Å². The fourth-order valence-corrected chi connectivity index (χ4v) is 1.17. The number of hydrogen-bond donors (Lipinski definition) is 2. The van der Waals surface area contributed by atoms with Gasteiger partial charge in [0.2, 0.25) is 0 Å². The second-order valence-corrected chi connectivity index (χ2v) is 2.94. The molecular weight excluding hydrogens is 302 g/mol. The van der Waals surface area contributed by atoms with Gasteiger partial charge in [0.05, 0.1) is 11.6 Å². The number of aliphatic imine (C=N–C) groups is 1. The van der Waals surface area contributed by atoms with Crippen LogP contribution in [0.2, 0.25) is 5.02 Å². The summed E-state index contributed by atoms with van der Waals surface area (Å²) in [6.07, 6.45) is 1.80. The summed E-state index contributed by atoms with van der Waals surface area (Å²) < 4.78 is 1.88. The van der Waals surface area contributed by atoms with Crippen molar-refractivity contribution in [1.29, 1.82) is 0 Å². The minimum atomic E-state index is 0. The quantitative estimate of drug-likeness (QED) is 0.487. The molecule has 0 spiro atoms. The van der Waals surface area contributed by atoms with Gasteiger partial charge in [-0.1, -0.05) is 11.6 Å². The van der Waals surface area contributed by atoms with Crippen molar-refractivity contribution in [2.75, 3.05) is 0 Å². The Morgan fingerprint density at radius 1 is 1.62 bits per heavy atom. The van der Waals surface area contributed by atoms with Crippen molar-refractivity contribution in [3.05, 3.63) is 23.0 Å². The van der Waals surface area contributed by atoms with Gasteiger partial charge in [-0.15, -0.1) is 24.0 Å². The van der Waals surface area contributed by atoms with E-state index in [4.69, 9.17) is 23.1 Å². The lowest BCUT2D eigenvalue weighted by Gasteiger charge is -1.97. The molecule has 0 aliphatic rings. The summed E-state index contributed by atoms with van der Waals surface area (Å²) in [7, 11) is 1.89. The molecule has 0 radical (unpaired) electrons. The zero-order chi connectivity index (χ0) is 9.14. The standard InChI is InChI=1S/C7H11ClN4.HI/c1-12-4-5(8)2-6(12)3-11-7(9)10;/h2,4H,3H2,1H3,(H4,9,10,11);1H. The van der Waals surface area contributed by atoms with E-state index in [1.54, 1.807) is 6.20 Å². The molecule has 0 bridgehead atoms. The summed E-state index contributed by atoms with van der Waals surface area (Å²) in [5.41, 5.74) is 11.3. The SMILES string of the molecule is Cn1cc(Cl)cc1CN=C(N)N.I. The monoisotopic (exact) mass is 314 g/mol. The number of halogens is 2. The maximum Gasteiger partial charge on any atom is 0.186 e. The number of nitrogens with zero attached hydrogens (tertiary/aromatic N) is 2. The van der Waals surface area contributed by atoms with Crippen LogP contribution in [0.25, 0.3) is 0 Å². The van der Waals surface area contributed by atoms with Crippen LogP contribution in [0.5, 0.6) is 0 Å². The van der Waals surface area contributed by atoms with E-state index >= 15 is 0 Å². The number of nitrogens with two attached hydrogens (primary N) is 2. The Labute approximate surface area is 99.0 Å². The molecule has 0 saturated carbocycles. The van der Waals surface area contributed by atoms with Gasteiger partial charge in [0, 0.05) is 18.9 Å². The zero-order valence-corrected chi connectivity index (χ0v) is 10.3. The van der Waals surface area contributed by atoms with Crippen LogP contribution in [0, 0.1) is 0 Å². The number of hydrogen-bond acceptors (Lipinski definition) is 1. The van der Waals surface area contributed by atoms with Crippen LogP contribution in [0.15, 0.2) is 17.3 Å². The summed E-state index contributed by atoms with van der Waals surface area (Å²) >= 11 is 5.75. The molecule has 1 aromatic rings. The van der Waals surface area contributed by atoms with Crippen molar-refractivity contribution in [3.63, 3.8) is 0 Å². The van der Waals surface area contributed by atoms with Crippen molar-refractivity contribution in [3.8, 4) is 0 Å². The van der Waals surface area contributed by atoms with Gasteiger partial charge in [-0.2, -0.15) is 0 Å². The smallest absolute Gasteiger partial charge is 0.186 e. The number of rotatable bonds is 2. The maximum atomic E-state index is 5.75. The Bertz CT molecular complexity index is 303. The number of guanidine groups is 1. The second-order valence-electron chi connectivity index (χ2n) is 2.50. The van der Waals surface area contributed by atoms with Gasteiger partial charge in [-0.25, -0.2) is 4.99 Å². The topological polar surface area (TPSA) is 69.3 Å². The van der Waals surface area contributed by atoms with Crippen molar-refractivity contribution < 1.29 is 0 Å². The normalized spacial score (nSPS) is 9.08. The van der Waals surface area contributed by atoms with E-state index in [-0.39, 0.29) is 29.9 Å². The molecule has 1 aromatic heterocycles. The lowest BCUT2D eigenvalue weighted by Crippen LogP contribution is -2.22. The first-order valence-electron chi connectivity index (χ1n) is 3.45. The van der Waals surface area contributed by atoms with E-state index in [0.717, 1.165) is 5.69 Å². The average Bonchev–Trinajstić information content (AvgIpc) is 2.26. The molecule has 1 heterocycles. The highest BCUT2D eigenvalue weighted by atomic mass is 127. The highest BCUT2D eigenvalue weighted by Gasteiger charge is 1.99. The van der Waals surface area contributed by atoms with Crippen molar-refractivity contribution in [2.45, 2.75) is 6.54 Å². The van der Waals surface area contributed by atoms with Crippen molar-refractivity contribution in [2.24, 2.45) is 23.5 Å². The summed E-state index contributed by atoms with van der Waals surface area (Å²) in [6.45, 7) is 0.464. The molecule has 1 rings (SSSR count). The first-order valence-corrected chi connectivity index (χ1v) is 3.83. The average molecular weight is 315 g/mol. The largest absolute Gasteiger partial charge is 0.370 e. The van der Waals surface area contributed by atoms with Gasteiger partial charge >= 0.3 is 0 Å². The molecule has 74 valence electrons. The molecule has 0 amide bonds. The Morgan fingerprint density at radius 3 is 2.62 bits per heavy atom. The van der Waals surface area contributed by atoms with Crippen LogP contribution in [0.1, 0.15) is 5.69 Å². The third-order valence-corrected chi connectivity index (χ3v) is 1.70. The molecule has 6 heteroatoms. The fraction of sp³-hybridized carbons (Fsp3) is 0.286. The zero-order valence-electron chi connectivity index (χ0n) is 7.20. The molecule has 0 aromatic carbocycles. The highest BCUT2D eigenvalue weighted by molar-refractivity contribution is 14.0. The second kappa shape index (κ2) is 5.33. The minimum Gasteiger partial charge on any atom is -0.370 e. The highest BCUT2D eigenvalue weighted by Crippen LogP contribution is 2.12. The molecule has 0 fully saturated rings. The Hall–Kier alpha value is -0.430. The van der Waals surface area contributed by atoms with E-state index in [0.29, 0.717) is 11.6 Å². The Balaban J connectivity index is 0.00000144. The fourth-order valence-electron chi connectivity index (χ4n) is 0.896. The van der Waals surface area contributed by atoms with Crippen LogP contribution in [0.4, 0.5) is 0 Å². The first kappa shape index (κ1) is 12.6. The predicted molar refractivity (Wildman–Crippen MR) is 65.4 cm³/mol. The summed E-state index contributed by atoms with van der Waals surface area (Å²) in [6, 6.07) is 1.83. The molecule has 0 aliphatic heterocycles. The van der Waals surface area contributed by atoms with Crippen molar-refractivity contribution in [1.82, 2.24) is 4.57 Å². The Kier molecular flexibility index (Phi) is 5.16. The van der Waals surface area contributed by atoms with Crippen LogP contribution >= 0.6 is 35.6 Å². The van der Waals surface area contributed by atoms with E-state index in [9.17, 15) is 0 Å². The summed E-state index contributed by atoms with van der Waals surface area (Å²) in [4.78, 5) is 3.86. The van der Waals surface area contributed by atoms with Gasteiger partial charge in [-0.05, 0) is 6.07 Å². The van der Waals surface area contributed by atoms with E-state index in [1.165, 1.54) is 0 Å². The maximum absolute atomic E-state index is 5.75. The number of aromatic nitrogens is 1. The van der Waals surface area contributed by atoms with Gasteiger partial charge in [0.15, 0.2) is 5.96 Å². The predicted octanol–water partition coefficient (Wildman–Crippen LogP) is 1.07. The van der Waals surface area contributed by atoms with Crippen LogP contribution in [-0.2, 0) is 13.6 Å². The molecular formula is C7H12ClIN4. The Morgan fingerprint density at radius 2 is 2.23 bits per heavy atom. The number of aryl methyl sites for hydroxylation is 1. The van der Waals surface area contributed by atoms with Gasteiger partial charge < -0.3 is 16.0 Å². The van der Waals surface area contributed by atoms with Crippen LogP contribution in [-0.4, -0.2) is 10.5 Å². The summed E-state index contributed by atoms with van der Waals surface area (Å²) in [5, 5.41) is 0.693. The first-order chi connectivity index (χ1) is 5.59. The summed E-state index contributed by atoms with van der Waals surface area (Å²) in [5.74, 6) is 0.0901. The van der Waals surface area contributed by atoms with E-state index in [1.807, 2.05) is 17.7 Å². The van der Waals surface area contributed by atoms with Gasteiger partial charge in [0.25, 0.3) is 0 Å². The molecule has 0 atom stereocenters. The van der Waals surface area contributed by atoms with E-state index < -0.39 is 0 Å². The van der Waals surface area contributed by atoms with Crippen LogP contribution in [0.3, 0.4) is 0 Å². The van der Waals surface area contributed by atoms with E-state index in [2.05, 4.69) is 4.99 Å². The third kappa shape index (κ3) is 3.86. The third-order valence-electron chi connectivity index (χ3n) is 1.50. The molecule has 0 unspecified atom stereocenters. The van der Waals surface area contributed by atoms with Crippen molar-refractivity contribution >= 4 is 41.5 Å². The molecule has 4 N–H and O–H groups in total. The lowest BCUT2D eigenvalue weighted by atomic mass is 10.4. The van der Waals surface area contributed by atoms with Gasteiger partial charge in [-0.3, -0.25) is 0 Å². The lowest BCUT2D eigenvalue weighted by molar-refractivity contribution is 0.823.